The third kappa shape index (κ3) is 4.39. The van der Waals surface area contributed by atoms with Gasteiger partial charge in [0.15, 0.2) is 5.13 Å². The molecule has 9 heteroatoms. The first kappa shape index (κ1) is 17.1. The topological polar surface area (TPSA) is 71.5 Å². The summed E-state index contributed by atoms with van der Waals surface area (Å²) in [6.07, 6.45) is -1.98. The molecular formula is C13H17BrFN3O3S. The van der Waals surface area contributed by atoms with Gasteiger partial charge in [-0.15, -0.1) is 11.3 Å². The molecule has 22 heavy (non-hydrogen) atoms. The molecule has 0 spiro atoms. The summed E-state index contributed by atoms with van der Waals surface area (Å²) in [4.78, 5) is 29.6. The molecule has 1 aliphatic heterocycles. The average Bonchev–Trinajstić information content (AvgIpc) is 2.93. The normalized spacial score (nSPS) is 21.8. The molecule has 0 unspecified atom stereocenters. The maximum absolute atomic E-state index is 13.7. The molecule has 1 aromatic heterocycles. The SMILES string of the molecule is CC(C)(C)OC(=O)N1C[C@H](F)C[C@H]1C(=O)Nc1nc(Br)cs1. The van der Waals surface area contributed by atoms with Crippen molar-refractivity contribution in [1.82, 2.24) is 9.88 Å². The van der Waals surface area contributed by atoms with Crippen molar-refractivity contribution in [1.29, 1.82) is 0 Å². The van der Waals surface area contributed by atoms with Gasteiger partial charge in [0.25, 0.3) is 0 Å². The summed E-state index contributed by atoms with van der Waals surface area (Å²) < 4.78 is 19.5. The van der Waals surface area contributed by atoms with Crippen molar-refractivity contribution in [3.63, 3.8) is 0 Å². The van der Waals surface area contributed by atoms with Gasteiger partial charge in [-0.25, -0.2) is 14.2 Å². The van der Waals surface area contributed by atoms with E-state index in [4.69, 9.17) is 4.74 Å². The zero-order chi connectivity index (χ0) is 16.5. The molecule has 0 bridgehead atoms. The third-order valence-electron chi connectivity index (χ3n) is 2.89. The minimum atomic E-state index is -1.24. The molecular weight excluding hydrogens is 377 g/mol. The minimum absolute atomic E-state index is 0.0440. The number of halogens is 2. The fourth-order valence-corrected chi connectivity index (χ4v) is 3.20. The highest BCUT2D eigenvalue weighted by Crippen LogP contribution is 2.25. The van der Waals surface area contributed by atoms with E-state index in [1.165, 1.54) is 11.3 Å². The van der Waals surface area contributed by atoms with Gasteiger partial charge in [-0.3, -0.25) is 9.69 Å². The molecule has 1 aromatic rings. The van der Waals surface area contributed by atoms with Crippen LogP contribution in [0.5, 0.6) is 0 Å². The Bertz CT molecular complexity index is 575. The zero-order valence-electron chi connectivity index (χ0n) is 12.4. The second kappa shape index (κ2) is 6.49. The number of carbonyl (C=O) groups excluding carboxylic acids is 2. The molecule has 1 saturated heterocycles. The van der Waals surface area contributed by atoms with Gasteiger partial charge in [-0.05, 0) is 36.7 Å². The van der Waals surface area contributed by atoms with E-state index in [1.54, 1.807) is 26.2 Å². The molecule has 2 heterocycles. The number of hydrogen-bond donors (Lipinski definition) is 1. The number of nitrogens with one attached hydrogen (secondary N) is 1. The number of carbonyl (C=O) groups is 2. The number of alkyl halides is 1. The first-order chi connectivity index (χ1) is 10.2. The van der Waals surface area contributed by atoms with Crippen LogP contribution in [-0.2, 0) is 9.53 Å². The highest BCUT2D eigenvalue weighted by Gasteiger charge is 2.41. The van der Waals surface area contributed by atoms with Crippen LogP contribution in [0.15, 0.2) is 9.98 Å². The highest BCUT2D eigenvalue weighted by atomic mass is 79.9. The Morgan fingerprint density at radius 2 is 2.23 bits per heavy atom. The van der Waals surface area contributed by atoms with Gasteiger partial charge in [0, 0.05) is 11.8 Å². The van der Waals surface area contributed by atoms with Crippen LogP contribution >= 0.6 is 27.3 Å². The number of likely N-dealkylation sites (tertiary alicyclic amines) is 1. The maximum atomic E-state index is 13.7. The second-order valence-corrected chi connectivity index (χ2v) is 7.62. The van der Waals surface area contributed by atoms with Crippen LogP contribution < -0.4 is 5.32 Å². The highest BCUT2D eigenvalue weighted by molar-refractivity contribution is 9.10. The predicted molar refractivity (Wildman–Crippen MR) is 84.7 cm³/mol. The lowest BCUT2D eigenvalue weighted by molar-refractivity contribution is -0.120. The molecule has 0 aliphatic carbocycles. The number of ether oxygens (including phenoxy) is 1. The third-order valence-corrected chi connectivity index (χ3v) is 4.35. The van der Waals surface area contributed by atoms with Crippen LogP contribution in [0.4, 0.5) is 14.3 Å². The van der Waals surface area contributed by atoms with E-state index in [9.17, 15) is 14.0 Å². The molecule has 6 nitrogen and oxygen atoms in total. The first-order valence-electron chi connectivity index (χ1n) is 6.71. The molecule has 2 atom stereocenters. The van der Waals surface area contributed by atoms with Gasteiger partial charge < -0.3 is 10.1 Å². The van der Waals surface area contributed by atoms with Gasteiger partial charge >= 0.3 is 6.09 Å². The largest absolute Gasteiger partial charge is 0.444 e. The Balaban J connectivity index is 2.06. The average molecular weight is 394 g/mol. The van der Waals surface area contributed by atoms with Crippen molar-refractivity contribution in [3.8, 4) is 0 Å². The van der Waals surface area contributed by atoms with Crippen LogP contribution in [0.2, 0.25) is 0 Å². The number of nitrogens with zero attached hydrogens (tertiary/aromatic N) is 2. The Morgan fingerprint density at radius 1 is 1.55 bits per heavy atom. The summed E-state index contributed by atoms with van der Waals surface area (Å²) in [6.45, 7) is 5.01. The van der Waals surface area contributed by atoms with Gasteiger partial charge in [0.2, 0.25) is 5.91 Å². The van der Waals surface area contributed by atoms with Crippen LogP contribution in [0, 0.1) is 0 Å². The van der Waals surface area contributed by atoms with E-state index in [1.807, 2.05) is 0 Å². The zero-order valence-corrected chi connectivity index (χ0v) is 14.8. The molecule has 1 N–H and O–H groups in total. The molecule has 1 aliphatic rings. The van der Waals surface area contributed by atoms with E-state index in [0.29, 0.717) is 9.73 Å². The van der Waals surface area contributed by atoms with Gasteiger partial charge in [-0.2, -0.15) is 0 Å². The van der Waals surface area contributed by atoms with Crippen molar-refractivity contribution in [2.24, 2.45) is 0 Å². The summed E-state index contributed by atoms with van der Waals surface area (Å²) >= 11 is 4.43. The Labute approximate surface area is 140 Å². The van der Waals surface area contributed by atoms with Crippen LogP contribution in [0.1, 0.15) is 27.2 Å². The summed E-state index contributed by atoms with van der Waals surface area (Å²) in [7, 11) is 0. The number of rotatable bonds is 2. The second-order valence-electron chi connectivity index (χ2n) is 5.95. The number of hydrogen-bond acceptors (Lipinski definition) is 5. The van der Waals surface area contributed by atoms with Gasteiger partial charge in [0.1, 0.15) is 22.4 Å². The van der Waals surface area contributed by atoms with Crippen LogP contribution in [0.3, 0.4) is 0 Å². The van der Waals surface area contributed by atoms with E-state index in [-0.39, 0.29) is 13.0 Å². The predicted octanol–water partition coefficient (Wildman–Crippen LogP) is 3.19. The molecule has 0 radical (unpaired) electrons. The van der Waals surface area contributed by atoms with E-state index >= 15 is 0 Å². The monoisotopic (exact) mass is 393 g/mol. The van der Waals surface area contributed by atoms with Crippen molar-refractivity contribution in [3.05, 3.63) is 9.98 Å². The van der Waals surface area contributed by atoms with Crippen LogP contribution in [-0.4, -0.2) is 46.2 Å². The number of amides is 2. The Hall–Kier alpha value is -1.22. The lowest BCUT2D eigenvalue weighted by Gasteiger charge is -2.27. The molecule has 2 rings (SSSR count). The lowest BCUT2D eigenvalue weighted by atomic mass is 10.2. The molecule has 2 amide bonds. The van der Waals surface area contributed by atoms with E-state index < -0.39 is 29.8 Å². The first-order valence-corrected chi connectivity index (χ1v) is 8.38. The minimum Gasteiger partial charge on any atom is -0.444 e. The van der Waals surface area contributed by atoms with Crippen molar-refractivity contribution >= 4 is 44.4 Å². The standard InChI is InChI=1S/C13H17BrFN3O3S/c1-13(2,3)21-12(20)18-5-7(15)4-8(18)10(19)17-11-16-9(14)6-22-11/h6-8H,4-5H2,1-3H3,(H,16,17,19)/t7-,8+/m1/s1. The fourth-order valence-electron chi connectivity index (χ4n) is 2.06. The number of aromatic nitrogens is 1. The summed E-state index contributed by atoms with van der Waals surface area (Å²) in [5.41, 5.74) is -0.702. The van der Waals surface area contributed by atoms with E-state index in [0.717, 1.165) is 4.90 Å². The Morgan fingerprint density at radius 3 is 2.77 bits per heavy atom. The number of anilines is 1. The quantitative estimate of drug-likeness (QED) is 0.837. The number of thiazole rings is 1. The molecule has 0 aromatic carbocycles. The van der Waals surface area contributed by atoms with Crippen molar-refractivity contribution < 1.29 is 18.7 Å². The van der Waals surface area contributed by atoms with Crippen LogP contribution in [0.25, 0.3) is 0 Å². The molecule has 1 fully saturated rings. The van der Waals surface area contributed by atoms with Gasteiger partial charge in [0.05, 0.1) is 6.54 Å². The summed E-state index contributed by atoms with van der Waals surface area (Å²) in [5.74, 6) is -0.465. The van der Waals surface area contributed by atoms with Crippen molar-refractivity contribution in [2.45, 2.75) is 45.0 Å². The molecule has 122 valence electrons. The smallest absolute Gasteiger partial charge is 0.411 e. The maximum Gasteiger partial charge on any atom is 0.411 e. The Kier molecular flexibility index (Phi) is 5.06. The lowest BCUT2D eigenvalue weighted by Crippen LogP contribution is -2.45. The van der Waals surface area contributed by atoms with E-state index in [2.05, 4.69) is 26.2 Å². The molecule has 0 saturated carbocycles. The summed E-state index contributed by atoms with van der Waals surface area (Å²) in [5, 5.41) is 4.70. The van der Waals surface area contributed by atoms with Gasteiger partial charge in [-0.1, -0.05) is 0 Å². The summed E-state index contributed by atoms with van der Waals surface area (Å²) in [6, 6.07) is -0.896. The van der Waals surface area contributed by atoms with Crippen molar-refractivity contribution in [2.75, 3.05) is 11.9 Å². The fraction of sp³-hybridized carbons (Fsp3) is 0.615.